The van der Waals surface area contributed by atoms with Gasteiger partial charge in [-0.25, -0.2) is 9.97 Å². The van der Waals surface area contributed by atoms with Crippen molar-refractivity contribution in [1.29, 1.82) is 0 Å². The van der Waals surface area contributed by atoms with Gasteiger partial charge in [0.1, 0.15) is 0 Å². The van der Waals surface area contributed by atoms with Gasteiger partial charge in [0.2, 0.25) is 5.95 Å². The van der Waals surface area contributed by atoms with E-state index in [-0.39, 0.29) is 11.3 Å². The Hall–Kier alpha value is -2.54. The smallest absolute Gasteiger partial charge is 0.255 e. The Morgan fingerprint density at radius 3 is 2.66 bits per heavy atom. The molecule has 2 aliphatic rings. The summed E-state index contributed by atoms with van der Waals surface area (Å²) in [5, 5.41) is 10.5. The molecule has 1 spiro atoms. The highest BCUT2D eigenvalue weighted by atomic mass is 16.3. The molecule has 0 aliphatic carbocycles. The van der Waals surface area contributed by atoms with E-state index >= 15 is 0 Å². The summed E-state index contributed by atoms with van der Waals surface area (Å²) < 4.78 is 0. The van der Waals surface area contributed by atoms with Gasteiger partial charge in [-0.05, 0) is 48.8 Å². The summed E-state index contributed by atoms with van der Waals surface area (Å²) in [5.74, 6) is 0.729. The van der Waals surface area contributed by atoms with Gasteiger partial charge in [0.15, 0.2) is 0 Å². The van der Waals surface area contributed by atoms with Crippen LogP contribution < -0.4 is 4.90 Å². The van der Waals surface area contributed by atoms with E-state index in [0.29, 0.717) is 18.7 Å². The van der Waals surface area contributed by atoms with E-state index < -0.39 is 6.10 Å². The van der Waals surface area contributed by atoms with Gasteiger partial charge in [0.05, 0.1) is 11.7 Å². The maximum absolute atomic E-state index is 12.9. The molecule has 4 rings (SSSR count). The number of carbonyl (C=O) groups excluding carboxylic acids is 1. The fraction of sp³-hybridized carbons (Fsp3) is 0.545. The molecular formula is C22H29N5O2. The lowest BCUT2D eigenvalue weighted by molar-refractivity contribution is -0.0151. The summed E-state index contributed by atoms with van der Waals surface area (Å²) in [6.07, 6.45) is 11.3. The number of pyridine rings is 1. The Labute approximate surface area is 171 Å². The van der Waals surface area contributed by atoms with Gasteiger partial charge in [-0.15, -0.1) is 0 Å². The second-order valence-electron chi connectivity index (χ2n) is 8.41. The number of amides is 1. The monoisotopic (exact) mass is 395 g/mol. The predicted octanol–water partition coefficient (Wildman–Crippen LogP) is 2.32. The van der Waals surface area contributed by atoms with Crippen LogP contribution in [0, 0.1) is 5.41 Å². The molecule has 1 atom stereocenters. The highest BCUT2D eigenvalue weighted by molar-refractivity contribution is 5.94. The minimum Gasteiger partial charge on any atom is -0.391 e. The number of rotatable bonds is 4. The standard InChI is InChI=1S/C22H29N5O2/c1-2-4-17-12-24-21(25-13-17)26-9-6-22(7-10-26)11-19(28)15-27(16-22)20(29)18-5-3-8-23-14-18/h3,5,8,12-14,19,28H,2,4,6-7,9-11,15-16H2,1H3. The Kier molecular flexibility index (Phi) is 5.76. The molecule has 1 unspecified atom stereocenters. The molecule has 2 fully saturated rings. The van der Waals surface area contributed by atoms with Crippen LogP contribution >= 0.6 is 0 Å². The first-order valence-electron chi connectivity index (χ1n) is 10.5. The summed E-state index contributed by atoms with van der Waals surface area (Å²) in [6, 6.07) is 3.55. The number of β-amino-alcohol motifs (C(OH)–C–C–N with tert-alkyl or cyclic N) is 1. The van der Waals surface area contributed by atoms with Gasteiger partial charge in [0, 0.05) is 51.0 Å². The summed E-state index contributed by atoms with van der Waals surface area (Å²) in [5.41, 5.74) is 1.70. The van der Waals surface area contributed by atoms with E-state index in [1.54, 1.807) is 29.4 Å². The fourth-order valence-corrected chi connectivity index (χ4v) is 4.65. The predicted molar refractivity (Wildman–Crippen MR) is 111 cm³/mol. The van der Waals surface area contributed by atoms with Gasteiger partial charge >= 0.3 is 0 Å². The topological polar surface area (TPSA) is 82.5 Å². The quantitative estimate of drug-likeness (QED) is 0.856. The summed E-state index contributed by atoms with van der Waals surface area (Å²) >= 11 is 0. The summed E-state index contributed by atoms with van der Waals surface area (Å²) in [6.45, 7) is 4.91. The van der Waals surface area contributed by atoms with Gasteiger partial charge in [0.25, 0.3) is 5.91 Å². The molecule has 0 bridgehead atoms. The maximum atomic E-state index is 12.9. The molecule has 2 saturated heterocycles. The largest absolute Gasteiger partial charge is 0.391 e. The van der Waals surface area contributed by atoms with Crippen LogP contribution in [-0.4, -0.2) is 63.1 Å². The van der Waals surface area contributed by atoms with Crippen molar-refractivity contribution in [2.45, 2.75) is 45.1 Å². The van der Waals surface area contributed by atoms with Crippen molar-refractivity contribution < 1.29 is 9.90 Å². The zero-order valence-corrected chi connectivity index (χ0v) is 17.0. The number of likely N-dealkylation sites (tertiary alicyclic amines) is 1. The number of hydrogen-bond donors (Lipinski definition) is 1. The average Bonchev–Trinajstić information content (AvgIpc) is 2.75. The van der Waals surface area contributed by atoms with Crippen LogP contribution in [0.2, 0.25) is 0 Å². The van der Waals surface area contributed by atoms with Crippen molar-refractivity contribution in [3.63, 3.8) is 0 Å². The SMILES string of the molecule is CCCc1cnc(N2CCC3(CC2)CC(O)CN(C(=O)c2cccnc2)C3)nc1. The van der Waals surface area contributed by atoms with Gasteiger partial charge in [-0.3, -0.25) is 9.78 Å². The molecule has 1 amide bonds. The number of nitrogens with zero attached hydrogens (tertiary/aromatic N) is 5. The van der Waals surface area contributed by atoms with Crippen molar-refractivity contribution in [2.24, 2.45) is 5.41 Å². The summed E-state index contributed by atoms with van der Waals surface area (Å²) in [7, 11) is 0. The van der Waals surface area contributed by atoms with Crippen molar-refractivity contribution >= 4 is 11.9 Å². The van der Waals surface area contributed by atoms with E-state index in [1.165, 1.54) is 5.56 Å². The Bertz CT molecular complexity index is 819. The number of aryl methyl sites for hydroxylation is 1. The van der Waals surface area contributed by atoms with Crippen molar-refractivity contribution in [1.82, 2.24) is 19.9 Å². The molecule has 2 aliphatic heterocycles. The molecule has 0 aromatic carbocycles. The van der Waals surface area contributed by atoms with E-state index in [0.717, 1.165) is 51.1 Å². The van der Waals surface area contributed by atoms with Crippen LogP contribution in [0.5, 0.6) is 0 Å². The highest BCUT2D eigenvalue weighted by Crippen LogP contribution is 2.40. The number of hydrogen-bond acceptors (Lipinski definition) is 6. The van der Waals surface area contributed by atoms with Crippen LogP contribution in [0.4, 0.5) is 5.95 Å². The minimum atomic E-state index is -0.486. The number of carbonyl (C=O) groups is 1. The van der Waals surface area contributed by atoms with E-state index in [2.05, 4.69) is 26.8 Å². The van der Waals surface area contributed by atoms with Gasteiger partial charge in [-0.1, -0.05) is 13.3 Å². The summed E-state index contributed by atoms with van der Waals surface area (Å²) in [4.78, 5) is 30.1. The molecule has 29 heavy (non-hydrogen) atoms. The molecule has 7 heteroatoms. The molecule has 2 aromatic rings. The minimum absolute atomic E-state index is 0.0474. The third-order valence-corrected chi connectivity index (χ3v) is 6.16. The molecule has 4 heterocycles. The molecular weight excluding hydrogens is 366 g/mol. The molecule has 7 nitrogen and oxygen atoms in total. The van der Waals surface area contributed by atoms with Crippen LogP contribution in [-0.2, 0) is 6.42 Å². The number of aromatic nitrogens is 3. The van der Waals surface area contributed by atoms with Crippen molar-refractivity contribution in [3.05, 3.63) is 48.0 Å². The first-order chi connectivity index (χ1) is 14.1. The second kappa shape index (κ2) is 8.45. The normalized spacial score (nSPS) is 21.4. The van der Waals surface area contributed by atoms with Crippen LogP contribution in [0.3, 0.4) is 0 Å². The Morgan fingerprint density at radius 2 is 2.00 bits per heavy atom. The van der Waals surface area contributed by atoms with E-state index in [4.69, 9.17) is 0 Å². The fourth-order valence-electron chi connectivity index (χ4n) is 4.65. The lowest BCUT2D eigenvalue weighted by Crippen LogP contribution is -2.55. The number of aliphatic hydroxyl groups excluding tert-OH is 1. The highest BCUT2D eigenvalue weighted by Gasteiger charge is 2.43. The third kappa shape index (κ3) is 4.40. The third-order valence-electron chi connectivity index (χ3n) is 6.16. The molecule has 0 radical (unpaired) electrons. The lowest BCUT2D eigenvalue weighted by Gasteiger charge is -2.49. The number of aliphatic hydroxyl groups is 1. The van der Waals surface area contributed by atoms with Gasteiger partial charge in [-0.2, -0.15) is 0 Å². The zero-order valence-electron chi connectivity index (χ0n) is 17.0. The van der Waals surface area contributed by atoms with E-state index in [1.807, 2.05) is 12.4 Å². The Balaban J connectivity index is 1.42. The molecule has 0 saturated carbocycles. The molecule has 2 aromatic heterocycles. The number of piperidine rings is 2. The van der Waals surface area contributed by atoms with Crippen LogP contribution in [0.25, 0.3) is 0 Å². The first kappa shape index (κ1) is 19.8. The van der Waals surface area contributed by atoms with Crippen molar-refractivity contribution in [3.8, 4) is 0 Å². The Morgan fingerprint density at radius 1 is 1.24 bits per heavy atom. The second-order valence-corrected chi connectivity index (χ2v) is 8.41. The van der Waals surface area contributed by atoms with E-state index in [9.17, 15) is 9.90 Å². The van der Waals surface area contributed by atoms with Crippen LogP contribution in [0.15, 0.2) is 36.9 Å². The zero-order chi connectivity index (χ0) is 20.3. The average molecular weight is 396 g/mol. The van der Waals surface area contributed by atoms with Crippen molar-refractivity contribution in [2.75, 3.05) is 31.1 Å². The number of anilines is 1. The maximum Gasteiger partial charge on any atom is 0.255 e. The molecule has 1 N–H and O–H groups in total. The lowest BCUT2D eigenvalue weighted by atomic mass is 9.71. The molecule has 154 valence electrons. The van der Waals surface area contributed by atoms with Crippen LogP contribution in [0.1, 0.15) is 48.5 Å². The van der Waals surface area contributed by atoms with Gasteiger partial charge < -0.3 is 14.9 Å². The first-order valence-corrected chi connectivity index (χ1v) is 10.5.